The largest absolute Gasteiger partial charge is 0.497 e. The van der Waals surface area contributed by atoms with Crippen molar-refractivity contribution < 1.29 is 41.0 Å². The molecule has 2 aliphatic heterocycles. The van der Waals surface area contributed by atoms with Gasteiger partial charge in [-0.3, -0.25) is 4.18 Å². The summed E-state index contributed by atoms with van der Waals surface area (Å²) in [6.45, 7) is 0.395. The topological polar surface area (TPSA) is 98.8 Å². The first-order valence-electron chi connectivity index (χ1n) is 11.9. The second kappa shape index (κ2) is 12.4. The molecule has 0 aliphatic carbocycles. The predicted octanol–water partition coefficient (Wildman–Crippen LogP) is 3.02. The van der Waals surface area contributed by atoms with Crippen LogP contribution in [0, 0.1) is 11.8 Å². The molecule has 4 rings (SSSR count). The first-order valence-corrected chi connectivity index (χ1v) is 13.7. The van der Waals surface area contributed by atoms with E-state index < -0.39 is 40.5 Å². The highest BCUT2D eigenvalue weighted by Gasteiger charge is 2.60. The lowest BCUT2D eigenvalue weighted by Gasteiger charge is -2.45. The molecule has 2 fully saturated rings. The minimum atomic E-state index is -3.59. The Morgan fingerprint density at radius 2 is 1.73 bits per heavy atom. The fourth-order valence-corrected chi connectivity index (χ4v) is 4.62. The SMILES string of the molecule is COc1ccc(CO[C@H]2C[C@@H](C#CCOS(C)(=O)=O)O[C@@H]3O[C@H](OC)C[C@@]32OCc2ccccc2)cc1. The minimum Gasteiger partial charge on any atom is -0.497 e. The minimum absolute atomic E-state index is 0.266. The Morgan fingerprint density at radius 3 is 2.41 bits per heavy atom. The molecule has 0 amide bonds. The van der Waals surface area contributed by atoms with Crippen LogP contribution < -0.4 is 4.74 Å². The Bertz CT molecular complexity index is 1170. The molecule has 2 heterocycles. The van der Waals surface area contributed by atoms with Gasteiger partial charge in [-0.1, -0.05) is 54.3 Å². The Hall–Kier alpha value is -2.49. The summed E-state index contributed by atoms with van der Waals surface area (Å²) in [4.78, 5) is 0. The van der Waals surface area contributed by atoms with E-state index >= 15 is 0 Å². The van der Waals surface area contributed by atoms with Crippen LogP contribution in [0.5, 0.6) is 5.75 Å². The van der Waals surface area contributed by atoms with Gasteiger partial charge in [0.1, 0.15) is 18.5 Å². The van der Waals surface area contributed by atoms with Crippen molar-refractivity contribution >= 4 is 10.1 Å². The van der Waals surface area contributed by atoms with Crippen LogP contribution in [0.3, 0.4) is 0 Å². The average molecular weight is 533 g/mol. The third-order valence-electron chi connectivity index (χ3n) is 6.25. The number of methoxy groups -OCH3 is 2. The molecule has 2 aromatic rings. The van der Waals surface area contributed by atoms with Crippen LogP contribution in [-0.4, -0.2) is 65.9 Å². The van der Waals surface area contributed by atoms with Gasteiger partial charge >= 0.3 is 0 Å². The molecule has 2 aromatic carbocycles. The van der Waals surface area contributed by atoms with Gasteiger partial charge in [0.15, 0.2) is 18.2 Å². The van der Waals surface area contributed by atoms with Crippen LogP contribution in [0.2, 0.25) is 0 Å². The summed E-state index contributed by atoms with van der Waals surface area (Å²) in [5.74, 6) is 6.42. The van der Waals surface area contributed by atoms with Crippen molar-refractivity contribution in [3.8, 4) is 17.6 Å². The molecule has 37 heavy (non-hydrogen) atoms. The average Bonchev–Trinajstić information content (AvgIpc) is 3.28. The molecule has 2 saturated heterocycles. The summed E-state index contributed by atoms with van der Waals surface area (Å²) in [5.41, 5.74) is 1.03. The molecule has 2 aliphatic rings. The molecule has 0 N–H and O–H groups in total. The second-order valence-corrected chi connectivity index (χ2v) is 10.5. The smallest absolute Gasteiger partial charge is 0.265 e. The molecule has 5 atom stereocenters. The van der Waals surface area contributed by atoms with Crippen molar-refractivity contribution in [1.29, 1.82) is 0 Å². The lowest BCUT2D eigenvalue weighted by Crippen LogP contribution is -2.59. The van der Waals surface area contributed by atoms with Crippen molar-refractivity contribution in [2.24, 2.45) is 0 Å². The van der Waals surface area contributed by atoms with Crippen LogP contribution >= 0.6 is 0 Å². The number of hydrogen-bond acceptors (Lipinski definition) is 9. The van der Waals surface area contributed by atoms with Gasteiger partial charge in [-0.2, -0.15) is 8.42 Å². The summed E-state index contributed by atoms with van der Waals surface area (Å²) in [5, 5.41) is 0. The fraction of sp³-hybridized carbons (Fsp3) is 0.481. The Labute approximate surface area is 218 Å². The van der Waals surface area contributed by atoms with Crippen LogP contribution in [0.4, 0.5) is 0 Å². The van der Waals surface area contributed by atoms with Crippen molar-refractivity contribution in [2.75, 3.05) is 27.1 Å². The monoisotopic (exact) mass is 532 g/mol. The molecule has 0 saturated carbocycles. The van der Waals surface area contributed by atoms with Gasteiger partial charge in [0.05, 0.1) is 32.7 Å². The molecule has 0 bridgehead atoms. The maximum atomic E-state index is 11.2. The molecular weight excluding hydrogens is 500 g/mol. The van der Waals surface area contributed by atoms with Crippen LogP contribution in [-0.2, 0) is 51.2 Å². The zero-order chi connectivity index (χ0) is 26.3. The maximum Gasteiger partial charge on any atom is 0.265 e. The number of hydrogen-bond donors (Lipinski definition) is 0. The van der Waals surface area contributed by atoms with E-state index in [1.165, 1.54) is 0 Å². The van der Waals surface area contributed by atoms with Gasteiger partial charge in [0, 0.05) is 20.0 Å². The van der Waals surface area contributed by atoms with E-state index in [1.54, 1.807) is 14.2 Å². The Balaban J connectivity index is 1.56. The highest BCUT2D eigenvalue weighted by molar-refractivity contribution is 7.86. The summed E-state index contributed by atoms with van der Waals surface area (Å²) < 4.78 is 63.2. The van der Waals surface area contributed by atoms with Crippen molar-refractivity contribution in [3.05, 3.63) is 65.7 Å². The van der Waals surface area contributed by atoms with Gasteiger partial charge in [0.2, 0.25) is 0 Å². The lowest BCUT2D eigenvalue weighted by atomic mass is 9.86. The summed E-state index contributed by atoms with van der Waals surface area (Å²) in [6.07, 6.45) is -0.618. The molecule has 0 radical (unpaired) electrons. The van der Waals surface area contributed by atoms with Crippen molar-refractivity contribution in [2.45, 2.75) is 56.4 Å². The molecule has 0 spiro atoms. The molecular formula is C27H32O9S. The van der Waals surface area contributed by atoms with Crippen LogP contribution in [0.15, 0.2) is 54.6 Å². The maximum absolute atomic E-state index is 11.2. The molecule has 9 nitrogen and oxygen atoms in total. The number of rotatable bonds is 10. The van der Waals surface area contributed by atoms with E-state index in [9.17, 15) is 8.42 Å². The van der Waals surface area contributed by atoms with E-state index in [0.29, 0.717) is 26.1 Å². The van der Waals surface area contributed by atoms with Crippen LogP contribution in [0.25, 0.3) is 0 Å². The van der Waals surface area contributed by atoms with E-state index in [1.807, 2.05) is 54.6 Å². The van der Waals surface area contributed by atoms with E-state index in [4.69, 9.17) is 32.6 Å². The lowest BCUT2D eigenvalue weighted by molar-refractivity contribution is -0.303. The Kier molecular flexibility index (Phi) is 9.21. The third kappa shape index (κ3) is 7.30. The Morgan fingerprint density at radius 1 is 1.00 bits per heavy atom. The second-order valence-electron chi connectivity index (χ2n) is 8.86. The number of benzene rings is 2. The van der Waals surface area contributed by atoms with Crippen molar-refractivity contribution in [3.63, 3.8) is 0 Å². The standard InChI is InChI=1S/C27H32O9S/c1-30-22-13-11-21(12-14-22)18-32-24-16-23(10-7-15-34-37(3,28)29)35-26-27(24,17-25(31-2)36-26)33-19-20-8-5-4-6-9-20/h4-6,8-9,11-14,23-26H,15-19H2,1-3H3/t23-,24+,25+,26-,27+/m1/s1. The van der Waals surface area contributed by atoms with Gasteiger partial charge in [-0.25, -0.2) is 0 Å². The summed E-state index contributed by atoms with van der Waals surface area (Å²) in [6, 6.07) is 17.5. The van der Waals surface area contributed by atoms with Crippen LogP contribution in [0.1, 0.15) is 24.0 Å². The molecule has 200 valence electrons. The zero-order valence-electron chi connectivity index (χ0n) is 21.1. The van der Waals surface area contributed by atoms with Gasteiger partial charge in [0.25, 0.3) is 10.1 Å². The first kappa shape index (κ1) is 27.5. The normalized spacial score (nSPS) is 27.2. The van der Waals surface area contributed by atoms with Gasteiger partial charge < -0.3 is 28.4 Å². The number of fused-ring (bicyclic) bond motifs is 1. The van der Waals surface area contributed by atoms with E-state index in [2.05, 4.69) is 11.8 Å². The molecule has 0 unspecified atom stereocenters. The molecule has 0 aromatic heterocycles. The fourth-order valence-electron chi connectivity index (χ4n) is 4.35. The van der Waals surface area contributed by atoms with E-state index in [-0.39, 0.29) is 6.61 Å². The van der Waals surface area contributed by atoms with Gasteiger partial charge in [-0.15, -0.1) is 0 Å². The molecule has 10 heteroatoms. The number of ether oxygens (including phenoxy) is 6. The third-order valence-corrected chi connectivity index (χ3v) is 6.80. The van der Waals surface area contributed by atoms with Crippen molar-refractivity contribution in [1.82, 2.24) is 0 Å². The first-order chi connectivity index (χ1) is 17.8. The summed E-state index contributed by atoms with van der Waals surface area (Å²) in [7, 11) is -0.398. The predicted molar refractivity (Wildman–Crippen MR) is 134 cm³/mol. The quantitative estimate of drug-likeness (QED) is 0.338. The zero-order valence-corrected chi connectivity index (χ0v) is 21.9. The van der Waals surface area contributed by atoms with E-state index in [0.717, 1.165) is 23.1 Å². The highest BCUT2D eigenvalue weighted by Crippen LogP contribution is 2.45. The highest BCUT2D eigenvalue weighted by atomic mass is 32.2. The summed E-state index contributed by atoms with van der Waals surface area (Å²) >= 11 is 0. The van der Waals surface area contributed by atoms with Gasteiger partial charge in [-0.05, 0) is 23.3 Å².